The van der Waals surface area contributed by atoms with Gasteiger partial charge in [-0.25, -0.2) is 4.79 Å². The monoisotopic (exact) mass is 453 g/mol. The molecule has 0 bridgehead atoms. The van der Waals surface area contributed by atoms with Gasteiger partial charge in [-0.15, -0.1) is 0 Å². The first-order valence-electron chi connectivity index (χ1n) is 10.8. The number of β-amino-alcohol motifs (C(OH)–C–C–N with tert-alkyl or cyclic N) is 1. The first kappa shape index (κ1) is 21.5. The van der Waals surface area contributed by atoms with E-state index in [0.717, 1.165) is 34.4 Å². The Bertz CT molecular complexity index is 1150. The molecule has 3 aromatic rings. The number of ether oxygens (including phenoxy) is 1. The SMILES string of the molecule is O=C(OCC1c2ccccc2-c2ccccc21)N1CCC(O)(c2ccc(C(F)(F)F)cc2)C1. The van der Waals surface area contributed by atoms with Crippen molar-refractivity contribution >= 4 is 6.09 Å². The van der Waals surface area contributed by atoms with Crippen molar-refractivity contribution in [3.05, 3.63) is 95.1 Å². The van der Waals surface area contributed by atoms with Crippen molar-refractivity contribution in [3.8, 4) is 11.1 Å². The Labute approximate surface area is 189 Å². The summed E-state index contributed by atoms with van der Waals surface area (Å²) in [5.74, 6) is -0.0715. The first-order chi connectivity index (χ1) is 15.8. The minimum atomic E-state index is -4.44. The maximum Gasteiger partial charge on any atom is 0.416 e. The maximum atomic E-state index is 12.8. The summed E-state index contributed by atoms with van der Waals surface area (Å²) in [6.07, 6.45) is -4.76. The largest absolute Gasteiger partial charge is 0.448 e. The van der Waals surface area contributed by atoms with Gasteiger partial charge in [0.25, 0.3) is 0 Å². The van der Waals surface area contributed by atoms with Crippen LogP contribution in [0.5, 0.6) is 0 Å². The number of halogens is 3. The van der Waals surface area contributed by atoms with Crippen molar-refractivity contribution in [1.82, 2.24) is 4.90 Å². The van der Waals surface area contributed by atoms with Gasteiger partial charge in [0.2, 0.25) is 0 Å². The van der Waals surface area contributed by atoms with Crippen molar-refractivity contribution in [1.29, 1.82) is 0 Å². The molecule has 1 aliphatic heterocycles. The molecule has 3 aromatic carbocycles. The lowest BCUT2D eigenvalue weighted by Crippen LogP contribution is -2.35. The van der Waals surface area contributed by atoms with Gasteiger partial charge in [0.1, 0.15) is 12.2 Å². The smallest absolute Gasteiger partial charge is 0.416 e. The van der Waals surface area contributed by atoms with Gasteiger partial charge >= 0.3 is 12.3 Å². The standard InChI is InChI=1S/C26H22F3NO3/c27-26(28,29)18-11-9-17(10-12-18)25(32)13-14-30(16-25)24(31)33-15-23-21-7-3-1-5-19(21)20-6-2-4-8-22(20)23/h1-12,23,32H,13-16H2. The van der Waals surface area contributed by atoms with E-state index >= 15 is 0 Å². The number of fused-ring (bicyclic) bond motifs is 3. The van der Waals surface area contributed by atoms with E-state index in [1.165, 1.54) is 17.0 Å². The van der Waals surface area contributed by atoms with Crippen LogP contribution in [0.2, 0.25) is 0 Å². The zero-order valence-corrected chi connectivity index (χ0v) is 17.7. The number of amides is 1. The Morgan fingerprint density at radius 1 is 0.970 bits per heavy atom. The second kappa shape index (κ2) is 7.92. The molecule has 0 radical (unpaired) electrons. The highest BCUT2D eigenvalue weighted by Crippen LogP contribution is 2.44. The predicted octanol–water partition coefficient (Wildman–Crippen LogP) is 5.55. The van der Waals surface area contributed by atoms with Gasteiger partial charge in [-0.3, -0.25) is 0 Å². The van der Waals surface area contributed by atoms with Crippen molar-refractivity contribution < 1.29 is 27.8 Å². The quantitative estimate of drug-likeness (QED) is 0.566. The van der Waals surface area contributed by atoms with E-state index in [-0.39, 0.29) is 32.0 Å². The number of hydrogen-bond acceptors (Lipinski definition) is 3. The molecule has 1 N–H and O–H groups in total. The molecular formula is C26H22F3NO3. The predicted molar refractivity (Wildman–Crippen MR) is 117 cm³/mol. The normalized spacial score (nSPS) is 19.9. The van der Waals surface area contributed by atoms with E-state index in [4.69, 9.17) is 4.74 Å². The fourth-order valence-electron chi connectivity index (χ4n) is 4.84. The van der Waals surface area contributed by atoms with Gasteiger partial charge in [0.05, 0.1) is 12.1 Å². The summed E-state index contributed by atoms with van der Waals surface area (Å²) in [7, 11) is 0. The number of alkyl halides is 3. The lowest BCUT2D eigenvalue weighted by Gasteiger charge is -2.24. The van der Waals surface area contributed by atoms with Gasteiger partial charge in [0.15, 0.2) is 0 Å². The third-order valence-corrected chi connectivity index (χ3v) is 6.59. The van der Waals surface area contributed by atoms with Gasteiger partial charge < -0.3 is 14.7 Å². The van der Waals surface area contributed by atoms with Gasteiger partial charge in [-0.1, -0.05) is 60.7 Å². The zero-order chi connectivity index (χ0) is 23.2. The number of hydrogen-bond donors (Lipinski definition) is 1. The van der Waals surface area contributed by atoms with E-state index in [1.807, 2.05) is 36.4 Å². The second-order valence-electron chi connectivity index (χ2n) is 8.58. The van der Waals surface area contributed by atoms with Crippen molar-refractivity contribution in [2.45, 2.75) is 24.1 Å². The topological polar surface area (TPSA) is 49.8 Å². The molecule has 1 amide bonds. The Morgan fingerprint density at radius 3 is 2.12 bits per heavy atom. The van der Waals surface area contributed by atoms with Crippen LogP contribution < -0.4 is 0 Å². The number of rotatable bonds is 3. The molecule has 1 unspecified atom stereocenters. The molecule has 7 heteroatoms. The highest BCUT2D eigenvalue weighted by Gasteiger charge is 2.41. The van der Waals surface area contributed by atoms with Crippen LogP contribution in [0.15, 0.2) is 72.8 Å². The summed E-state index contributed by atoms with van der Waals surface area (Å²) < 4.78 is 44.1. The van der Waals surface area contributed by atoms with Crippen LogP contribution in [0, 0.1) is 0 Å². The van der Waals surface area contributed by atoms with Gasteiger partial charge in [-0.05, 0) is 46.4 Å². The Kier molecular flexibility index (Phi) is 5.16. The number of carbonyl (C=O) groups excluding carboxylic acids is 1. The lowest BCUT2D eigenvalue weighted by molar-refractivity contribution is -0.137. The summed E-state index contributed by atoms with van der Waals surface area (Å²) in [6.45, 7) is 0.394. The van der Waals surface area contributed by atoms with Crippen LogP contribution in [0.3, 0.4) is 0 Å². The molecule has 33 heavy (non-hydrogen) atoms. The Balaban J connectivity index is 1.26. The molecule has 1 fully saturated rings. The molecule has 1 aliphatic carbocycles. The minimum Gasteiger partial charge on any atom is -0.448 e. The molecule has 2 aliphatic rings. The van der Waals surface area contributed by atoms with E-state index in [1.54, 1.807) is 0 Å². The van der Waals surface area contributed by atoms with Crippen molar-refractivity contribution in [2.75, 3.05) is 19.7 Å². The molecule has 4 nitrogen and oxygen atoms in total. The molecule has 1 saturated heterocycles. The molecule has 5 rings (SSSR count). The molecule has 0 spiro atoms. The van der Waals surface area contributed by atoms with Crippen LogP contribution in [0.4, 0.5) is 18.0 Å². The van der Waals surface area contributed by atoms with Crippen LogP contribution in [0.1, 0.15) is 34.6 Å². The summed E-state index contributed by atoms with van der Waals surface area (Å²) in [6, 6.07) is 20.5. The lowest BCUT2D eigenvalue weighted by atomic mass is 9.92. The number of aliphatic hydroxyl groups is 1. The molecule has 1 atom stereocenters. The molecular weight excluding hydrogens is 431 g/mol. The Morgan fingerprint density at radius 2 is 1.55 bits per heavy atom. The van der Waals surface area contributed by atoms with Crippen molar-refractivity contribution in [3.63, 3.8) is 0 Å². The Hall–Kier alpha value is -3.32. The number of carbonyl (C=O) groups is 1. The number of likely N-dealkylation sites (tertiary alicyclic amines) is 1. The average molecular weight is 453 g/mol. The molecule has 1 heterocycles. The number of benzene rings is 3. The third kappa shape index (κ3) is 3.86. The van der Waals surface area contributed by atoms with E-state index in [2.05, 4.69) is 12.1 Å². The summed E-state index contributed by atoms with van der Waals surface area (Å²) in [4.78, 5) is 14.2. The zero-order valence-electron chi connectivity index (χ0n) is 17.7. The van der Waals surface area contributed by atoms with E-state index in [9.17, 15) is 23.1 Å². The summed E-state index contributed by atoms with van der Waals surface area (Å²) in [5, 5.41) is 11.0. The van der Waals surface area contributed by atoms with Crippen LogP contribution in [-0.2, 0) is 16.5 Å². The van der Waals surface area contributed by atoms with E-state index in [0.29, 0.717) is 5.56 Å². The summed E-state index contributed by atoms with van der Waals surface area (Å²) >= 11 is 0. The molecule has 0 saturated carbocycles. The van der Waals surface area contributed by atoms with Crippen molar-refractivity contribution in [2.24, 2.45) is 0 Å². The highest BCUT2D eigenvalue weighted by atomic mass is 19.4. The van der Waals surface area contributed by atoms with E-state index < -0.39 is 23.4 Å². The fraction of sp³-hybridized carbons (Fsp3) is 0.269. The maximum absolute atomic E-state index is 12.8. The first-order valence-corrected chi connectivity index (χ1v) is 10.8. The van der Waals surface area contributed by atoms with Gasteiger partial charge in [0, 0.05) is 12.5 Å². The summed E-state index contributed by atoms with van der Waals surface area (Å²) in [5.41, 5.74) is 2.64. The second-order valence-corrected chi connectivity index (χ2v) is 8.58. The molecule has 170 valence electrons. The molecule has 0 aromatic heterocycles. The van der Waals surface area contributed by atoms with Crippen LogP contribution in [-0.4, -0.2) is 35.8 Å². The number of nitrogens with zero attached hydrogens (tertiary/aromatic N) is 1. The van der Waals surface area contributed by atoms with Gasteiger partial charge in [-0.2, -0.15) is 13.2 Å². The van der Waals surface area contributed by atoms with Crippen LogP contribution >= 0.6 is 0 Å². The van der Waals surface area contributed by atoms with Crippen LogP contribution in [0.25, 0.3) is 11.1 Å². The third-order valence-electron chi connectivity index (χ3n) is 6.59. The highest BCUT2D eigenvalue weighted by molar-refractivity contribution is 5.79. The minimum absolute atomic E-state index is 0.0327. The fourth-order valence-corrected chi connectivity index (χ4v) is 4.84. The average Bonchev–Trinajstić information content (AvgIpc) is 3.37.